The first-order chi connectivity index (χ1) is 14.5. The summed E-state index contributed by atoms with van der Waals surface area (Å²) in [5, 5.41) is 23.5. The smallest absolute Gasteiger partial charge is 0.144 e. The summed E-state index contributed by atoms with van der Waals surface area (Å²) in [5.41, 5.74) is 0. The maximum absolute atomic E-state index is 12.7. The zero-order valence-electron chi connectivity index (χ0n) is 18.3. The number of ether oxygens (including phenoxy) is 2. The van der Waals surface area contributed by atoms with Gasteiger partial charge in [-0.1, -0.05) is 57.9 Å². The number of aromatic hydroxyl groups is 2. The van der Waals surface area contributed by atoms with E-state index >= 15 is 0 Å². The van der Waals surface area contributed by atoms with Crippen LogP contribution in [0.4, 0.5) is 0 Å². The average Bonchev–Trinajstić information content (AvgIpc) is 2.76. The summed E-state index contributed by atoms with van der Waals surface area (Å²) in [7, 11) is 1.38. The molecule has 2 aromatic rings. The Kier molecular flexibility index (Phi) is 10.0. The van der Waals surface area contributed by atoms with E-state index in [4.69, 9.17) is 9.47 Å². The van der Waals surface area contributed by atoms with Gasteiger partial charge in [0, 0.05) is 11.5 Å². The maximum atomic E-state index is 12.7. The Bertz CT molecular complexity index is 876. The van der Waals surface area contributed by atoms with E-state index in [-0.39, 0.29) is 21.8 Å². The molecule has 2 N–H and O–H groups in total. The van der Waals surface area contributed by atoms with E-state index < -0.39 is 10.8 Å². The summed E-state index contributed by atoms with van der Waals surface area (Å²) < 4.78 is 23.3. The van der Waals surface area contributed by atoms with Crippen LogP contribution in [-0.4, -0.2) is 28.6 Å². The van der Waals surface area contributed by atoms with Crippen molar-refractivity contribution < 1.29 is 23.9 Å². The molecule has 0 fully saturated rings. The molecule has 0 aliphatic carbocycles. The molecule has 2 rings (SSSR count). The Morgan fingerprint density at radius 2 is 1.47 bits per heavy atom. The van der Waals surface area contributed by atoms with E-state index in [1.54, 1.807) is 17.5 Å². The van der Waals surface area contributed by atoms with Crippen LogP contribution in [0.3, 0.4) is 0 Å². The highest BCUT2D eigenvalue weighted by molar-refractivity contribution is 7.88. The first-order valence-corrected chi connectivity index (χ1v) is 11.9. The molecule has 30 heavy (non-hydrogen) atoms. The quantitative estimate of drug-likeness (QED) is 0.281. The molecular weight excluding hydrogens is 400 g/mol. The number of unbranched alkanes of at least 4 members (excludes halogenated alkanes) is 8. The molecule has 0 spiro atoms. The van der Waals surface area contributed by atoms with Gasteiger partial charge in [0.25, 0.3) is 0 Å². The van der Waals surface area contributed by atoms with Gasteiger partial charge in [0.2, 0.25) is 0 Å². The molecule has 0 saturated heterocycles. The lowest BCUT2D eigenvalue weighted by molar-refractivity contribution is 0.403. The van der Waals surface area contributed by atoms with Gasteiger partial charge in [-0.25, -0.2) is 4.21 Å². The van der Waals surface area contributed by atoms with Gasteiger partial charge in [-0.05, 0) is 25.0 Å². The highest BCUT2D eigenvalue weighted by Gasteiger charge is 2.21. The summed E-state index contributed by atoms with van der Waals surface area (Å²) in [5.74, 6) is 0.494. The van der Waals surface area contributed by atoms with E-state index in [0.29, 0.717) is 16.9 Å². The minimum Gasteiger partial charge on any atom is -0.507 e. The van der Waals surface area contributed by atoms with Gasteiger partial charge in [-0.15, -0.1) is 0 Å². The molecule has 6 heteroatoms. The summed E-state index contributed by atoms with van der Waals surface area (Å²) in [6.45, 7) is 2.22. The number of allylic oxidation sites excluding steroid dienone is 1. The van der Waals surface area contributed by atoms with E-state index in [1.165, 1.54) is 65.2 Å². The van der Waals surface area contributed by atoms with Crippen molar-refractivity contribution in [3.63, 3.8) is 0 Å². The Morgan fingerprint density at radius 1 is 0.900 bits per heavy atom. The summed E-state index contributed by atoms with van der Waals surface area (Å²) >= 11 is 0. The van der Waals surface area contributed by atoms with Crippen molar-refractivity contribution in [1.29, 1.82) is 0 Å². The van der Waals surface area contributed by atoms with Gasteiger partial charge in [0.05, 0.1) is 40.7 Å². The van der Waals surface area contributed by atoms with Crippen LogP contribution >= 0.6 is 0 Å². The van der Waals surface area contributed by atoms with Crippen molar-refractivity contribution in [2.75, 3.05) is 14.2 Å². The molecule has 0 bridgehead atoms. The number of phenols is 2. The second-order valence-electron chi connectivity index (χ2n) is 7.40. The summed E-state index contributed by atoms with van der Waals surface area (Å²) in [6, 6.07) is 4.63. The van der Waals surface area contributed by atoms with Crippen LogP contribution in [-0.2, 0) is 10.8 Å². The van der Waals surface area contributed by atoms with Crippen molar-refractivity contribution in [3.05, 3.63) is 29.7 Å². The zero-order valence-corrected chi connectivity index (χ0v) is 19.1. The monoisotopic (exact) mass is 434 g/mol. The largest absolute Gasteiger partial charge is 0.507 e. The molecule has 0 saturated carbocycles. The van der Waals surface area contributed by atoms with E-state index in [0.717, 1.165) is 12.8 Å². The van der Waals surface area contributed by atoms with Crippen LogP contribution in [0.2, 0.25) is 0 Å². The third-order valence-corrected chi connectivity index (χ3v) is 6.41. The van der Waals surface area contributed by atoms with Gasteiger partial charge >= 0.3 is 0 Å². The second-order valence-corrected chi connectivity index (χ2v) is 8.70. The molecule has 0 aliphatic heterocycles. The predicted molar refractivity (Wildman–Crippen MR) is 123 cm³/mol. The SMILES string of the molecule is CCCCCCCCCC/C=C/S(=O)c1cc(O)c2c(OC)ccc(OC)c2c1O. The van der Waals surface area contributed by atoms with E-state index in [1.807, 2.05) is 6.08 Å². The molecule has 0 heterocycles. The lowest BCUT2D eigenvalue weighted by atomic mass is 10.1. The number of fused-ring (bicyclic) bond motifs is 1. The fourth-order valence-corrected chi connectivity index (χ4v) is 4.54. The Morgan fingerprint density at radius 3 is 2.07 bits per heavy atom. The number of phenolic OH excluding ortho intramolecular Hbond substituents is 2. The van der Waals surface area contributed by atoms with Crippen molar-refractivity contribution in [1.82, 2.24) is 0 Å². The van der Waals surface area contributed by atoms with Crippen LogP contribution in [0.1, 0.15) is 64.7 Å². The van der Waals surface area contributed by atoms with Gasteiger partial charge < -0.3 is 19.7 Å². The molecule has 166 valence electrons. The fourth-order valence-electron chi connectivity index (χ4n) is 3.56. The van der Waals surface area contributed by atoms with Gasteiger partial charge in [-0.2, -0.15) is 0 Å². The highest BCUT2D eigenvalue weighted by atomic mass is 32.2. The zero-order chi connectivity index (χ0) is 21.9. The molecule has 1 unspecified atom stereocenters. The Balaban J connectivity index is 2.03. The average molecular weight is 435 g/mol. The van der Waals surface area contributed by atoms with Gasteiger partial charge in [-0.3, -0.25) is 0 Å². The lowest BCUT2D eigenvalue weighted by Gasteiger charge is -2.14. The number of hydrogen-bond acceptors (Lipinski definition) is 5. The molecular formula is C24H34O5S. The topological polar surface area (TPSA) is 76.0 Å². The highest BCUT2D eigenvalue weighted by Crippen LogP contribution is 2.46. The normalized spacial score (nSPS) is 12.5. The standard InChI is InChI=1S/C24H34O5S/c1-4-5-6-7-8-9-10-11-12-13-16-30(27)21-17-18(25)22-19(28-2)14-15-20(29-3)23(22)24(21)26/h13-17,25-26H,4-12H2,1-3H3/b16-13+. The number of hydrogen-bond donors (Lipinski definition) is 2. The van der Waals surface area contributed by atoms with Gasteiger partial charge in [0.1, 0.15) is 23.0 Å². The Hall–Kier alpha value is -2.21. The Labute approximate surface area is 182 Å². The lowest BCUT2D eigenvalue weighted by Crippen LogP contribution is -1.94. The first-order valence-electron chi connectivity index (χ1n) is 10.7. The van der Waals surface area contributed by atoms with Crippen molar-refractivity contribution >= 4 is 21.6 Å². The van der Waals surface area contributed by atoms with E-state index in [9.17, 15) is 14.4 Å². The number of methoxy groups -OCH3 is 2. The summed E-state index contributed by atoms with van der Waals surface area (Å²) in [6.07, 6.45) is 12.7. The molecule has 0 radical (unpaired) electrons. The summed E-state index contributed by atoms with van der Waals surface area (Å²) in [4.78, 5) is 0.152. The molecule has 0 aliphatic rings. The minimum absolute atomic E-state index is 0.113. The third-order valence-electron chi connectivity index (χ3n) is 5.22. The number of rotatable bonds is 13. The van der Waals surface area contributed by atoms with Crippen LogP contribution in [0.25, 0.3) is 10.8 Å². The molecule has 1 atom stereocenters. The van der Waals surface area contributed by atoms with Gasteiger partial charge in [0.15, 0.2) is 0 Å². The van der Waals surface area contributed by atoms with Crippen LogP contribution in [0.15, 0.2) is 34.6 Å². The van der Waals surface area contributed by atoms with Crippen molar-refractivity contribution in [2.24, 2.45) is 0 Å². The fraction of sp³-hybridized carbons (Fsp3) is 0.500. The van der Waals surface area contributed by atoms with Crippen molar-refractivity contribution in [3.8, 4) is 23.0 Å². The minimum atomic E-state index is -1.58. The molecule has 0 amide bonds. The van der Waals surface area contributed by atoms with Crippen LogP contribution in [0, 0.1) is 0 Å². The predicted octanol–water partition coefficient (Wildman–Crippen LogP) is 6.42. The molecule has 2 aromatic carbocycles. The third kappa shape index (κ3) is 6.14. The van der Waals surface area contributed by atoms with Crippen molar-refractivity contribution in [2.45, 2.75) is 69.6 Å². The van der Waals surface area contributed by atoms with Crippen LogP contribution in [0.5, 0.6) is 23.0 Å². The molecule has 5 nitrogen and oxygen atoms in total. The van der Waals surface area contributed by atoms with E-state index in [2.05, 4.69) is 6.92 Å². The first kappa shape index (κ1) is 24.1. The van der Waals surface area contributed by atoms with Crippen LogP contribution < -0.4 is 9.47 Å². The number of benzene rings is 2. The second kappa shape index (κ2) is 12.5. The maximum Gasteiger partial charge on any atom is 0.144 e. The molecule has 0 aromatic heterocycles.